The molecule has 0 aliphatic carbocycles. The first-order valence-electron chi connectivity index (χ1n) is 6.09. The number of benzene rings is 1. The summed E-state index contributed by atoms with van der Waals surface area (Å²) in [6, 6.07) is 5.50. The molecule has 1 atom stereocenters. The first-order chi connectivity index (χ1) is 9.43. The third kappa shape index (κ3) is 4.74. The van der Waals surface area contributed by atoms with E-state index in [2.05, 4.69) is 6.58 Å². The number of nitrogens with zero attached hydrogens (tertiary/aromatic N) is 1. The lowest BCUT2D eigenvalue weighted by molar-refractivity contribution is -0.144. The fourth-order valence-electron chi connectivity index (χ4n) is 1.76. The minimum atomic E-state index is -1.10. The Balaban J connectivity index is 2.70. The lowest BCUT2D eigenvalue weighted by Crippen LogP contribution is -2.46. The van der Waals surface area contributed by atoms with E-state index < -0.39 is 24.5 Å². The maximum Gasteiger partial charge on any atom is 0.323 e. The van der Waals surface area contributed by atoms with Crippen LogP contribution in [0.1, 0.15) is 5.56 Å². The molecule has 6 nitrogen and oxygen atoms in total. The Bertz CT molecular complexity index is 484. The van der Waals surface area contributed by atoms with E-state index in [1.165, 1.54) is 18.2 Å². The molecule has 0 saturated carbocycles. The van der Waals surface area contributed by atoms with Gasteiger partial charge >= 0.3 is 5.97 Å². The molecule has 0 saturated heterocycles. The van der Waals surface area contributed by atoms with Gasteiger partial charge in [-0.2, -0.15) is 0 Å². The molecule has 0 spiro atoms. The second kappa shape index (κ2) is 7.30. The van der Waals surface area contributed by atoms with Crippen molar-refractivity contribution in [3.8, 4) is 5.75 Å². The van der Waals surface area contributed by atoms with Crippen LogP contribution in [0, 0.1) is 0 Å². The highest BCUT2D eigenvalue weighted by Gasteiger charge is 2.22. The first-order valence-corrected chi connectivity index (χ1v) is 6.09. The minimum absolute atomic E-state index is 0.132. The standard InChI is InChI=1S/C14H18N2O4/c1-2-7-16(9-13(18)19)14(20)12(15)8-10-3-5-11(17)6-4-10/h2-6,12,17H,1,7-9,15H2,(H,18,19)/t12-/m1/s1. The average Bonchev–Trinajstić information content (AvgIpc) is 2.39. The number of rotatable bonds is 7. The molecular weight excluding hydrogens is 260 g/mol. The van der Waals surface area contributed by atoms with Crippen molar-refractivity contribution in [2.45, 2.75) is 12.5 Å². The Kier molecular flexibility index (Phi) is 5.74. The monoisotopic (exact) mass is 278 g/mol. The van der Waals surface area contributed by atoms with Crippen molar-refractivity contribution in [1.82, 2.24) is 4.90 Å². The number of hydrogen-bond donors (Lipinski definition) is 3. The van der Waals surface area contributed by atoms with Crippen molar-refractivity contribution in [3.63, 3.8) is 0 Å². The van der Waals surface area contributed by atoms with Crippen molar-refractivity contribution < 1.29 is 19.8 Å². The summed E-state index contributed by atoms with van der Waals surface area (Å²) in [5.41, 5.74) is 6.60. The molecule has 1 amide bonds. The zero-order valence-electron chi connectivity index (χ0n) is 11.0. The number of carboxylic acids is 1. The van der Waals surface area contributed by atoms with Crippen molar-refractivity contribution in [3.05, 3.63) is 42.5 Å². The normalized spacial score (nSPS) is 11.7. The van der Waals surface area contributed by atoms with Crippen LogP contribution in [0.5, 0.6) is 5.75 Å². The Labute approximate surface area is 117 Å². The lowest BCUT2D eigenvalue weighted by Gasteiger charge is -2.22. The average molecular weight is 278 g/mol. The lowest BCUT2D eigenvalue weighted by atomic mass is 10.1. The molecule has 1 aromatic carbocycles. The topological polar surface area (TPSA) is 104 Å². The highest BCUT2D eigenvalue weighted by Crippen LogP contribution is 2.11. The van der Waals surface area contributed by atoms with Crippen molar-refractivity contribution in [2.24, 2.45) is 5.73 Å². The van der Waals surface area contributed by atoms with E-state index in [4.69, 9.17) is 10.8 Å². The van der Waals surface area contributed by atoms with Gasteiger partial charge in [0.2, 0.25) is 5.91 Å². The fraction of sp³-hybridized carbons (Fsp3) is 0.286. The van der Waals surface area contributed by atoms with Gasteiger partial charge in [0, 0.05) is 6.54 Å². The molecule has 0 radical (unpaired) electrons. The van der Waals surface area contributed by atoms with Crippen LogP contribution in [0.25, 0.3) is 0 Å². The third-order valence-electron chi connectivity index (χ3n) is 2.70. The molecule has 20 heavy (non-hydrogen) atoms. The number of carbonyl (C=O) groups excluding carboxylic acids is 1. The van der Waals surface area contributed by atoms with E-state index in [9.17, 15) is 14.7 Å². The highest BCUT2D eigenvalue weighted by molar-refractivity contribution is 5.85. The second-order valence-corrected chi connectivity index (χ2v) is 4.38. The van der Waals surface area contributed by atoms with Crippen LogP contribution < -0.4 is 5.73 Å². The summed E-state index contributed by atoms with van der Waals surface area (Å²) in [7, 11) is 0. The summed E-state index contributed by atoms with van der Waals surface area (Å²) in [6.45, 7) is 3.21. The fourth-order valence-corrected chi connectivity index (χ4v) is 1.76. The quantitative estimate of drug-likeness (QED) is 0.625. The smallest absolute Gasteiger partial charge is 0.323 e. The van der Waals surface area contributed by atoms with Gasteiger partial charge in [0.15, 0.2) is 0 Å². The Morgan fingerprint density at radius 1 is 1.35 bits per heavy atom. The zero-order valence-corrected chi connectivity index (χ0v) is 11.0. The number of aromatic hydroxyl groups is 1. The summed E-state index contributed by atoms with van der Waals surface area (Å²) in [4.78, 5) is 23.9. The summed E-state index contributed by atoms with van der Waals surface area (Å²) in [5.74, 6) is -1.41. The van der Waals surface area contributed by atoms with Gasteiger partial charge < -0.3 is 20.8 Å². The highest BCUT2D eigenvalue weighted by atomic mass is 16.4. The molecule has 1 rings (SSSR count). The SMILES string of the molecule is C=CCN(CC(=O)O)C(=O)[C@H](N)Cc1ccc(O)cc1. The number of aliphatic carboxylic acids is 1. The molecule has 0 bridgehead atoms. The van der Waals surface area contributed by atoms with Gasteiger partial charge in [0.05, 0.1) is 6.04 Å². The summed E-state index contributed by atoms with van der Waals surface area (Å²) < 4.78 is 0. The van der Waals surface area contributed by atoms with Crippen molar-refractivity contribution >= 4 is 11.9 Å². The minimum Gasteiger partial charge on any atom is -0.508 e. The van der Waals surface area contributed by atoms with E-state index >= 15 is 0 Å². The van der Waals surface area contributed by atoms with E-state index in [1.54, 1.807) is 12.1 Å². The number of carbonyl (C=O) groups is 2. The van der Waals surface area contributed by atoms with Gasteiger partial charge in [-0.3, -0.25) is 9.59 Å². The summed E-state index contributed by atoms with van der Waals surface area (Å²) in [6.07, 6.45) is 1.72. The van der Waals surface area contributed by atoms with Crippen LogP contribution in [-0.2, 0) is 16.0 Å². The zero-order chi connectivity index (χ0) is 15.1. The molecule has 0 aliphatic heterocycles. The van der Waals surface area contributed by atoms with Crippen LogP contribution in [0.4, 0.5) is 0 Å². The molecule has 1 aromatic rings. The van der Waals surface area contributed by atoms with Crippen molar-refractivity contribution in [2.75, 3.05) is 13.1 Å². The Morgan fingerprint density at radius 2 is 1.95 bits per heavy atom. The number of hydrogen-bond acceptors (Lipinski definition) is 4. The number of phenolic OH excluding ortho intramolecular Hbond substituents is 1. The number of carboxylic acid groups (broad SMARTS) is 1. The first kappa shape index (κ1) is 15.7. The molecule has 0 unspecified atom stereocenters. The Morgan fingerprint density at radius 3 is 2.45 bits per heavy atom. The van der Waals surface area contributed by atoms with E-state index in [0.29, 0.717) is 0 Å². The van der Waals surface area contributed by atoms with Gasteiger partial charge in [0.25, 0.3) is 0 Å². The summed E-state index contributed by atoms with van der Waals surface area (Å²) in [5, 5.41) is 17.9. The third-order valence-corrected chi connectivity index (χ3v) is 2.70. The van der Waals surface area contributed by atoms with E-state index in [0.717, 1.165) is 10.5 Å². The number of phenols is 1. The van der Waals surface area contributed by atoms with Gasteiger partial charge in [-0.1, -0.05) is 18.2 Å². The molecule has 0 aliphatic rings. The second-order valence-electron chi connectivity index (χ2n) is 4.38. The molecule has 0 heterocycles. The van der Waals surface area contributed by atoms with E-state index in [-0.39, 0.29) is 18.7 Å². The molecular formula is C14H18N2O4. The van der Waals surface area contributed by atoms with Crippen LogP contribution in [0.3, 0.4) is 0 Å². The van der Waals surface area contributed by atoms with Gasteiger partial charge in [-0.25, -0.2) is 0 Å². The van der Waals surface area contributed by atoms with Crippen LogP contribution >= 0.6 is 0 Å². The predicted octanol–water partition coefficient (Wildman–Crippen LogP) is 0.361. The van der Waals surface area contributed by atoms with Crippen molar-refractivity contribution in [1.29, 1.82) is 0 Å². The molecule has 108 valence electrons. The van der Waals surface area contributed by atoms with Crippen LogP contribution in [0.2, 0.25) is 0 Å². The summed E-state index contributed by atoms with van der Waals surface area (Å²) >= 11 is 0. The largest absolute Gasteiger partial charge is 0.508 e. The van der Waals surface area contributed by atoms with Gasteiger partial charge in [-0.15, -0.1) is 6.58 Å². The Hall–Kier alpha value is -2.34. The van der Waals surface area contributed by atoms with Crippen LogP contribution in [-0.4, -0.2) is 46.1 Å². The molecule has 6 heteroatoms. The maximum absolute atomic E-state index is 12.1. The maximum atomic E-state index is 12.1. The number of amides is 1. The van der Waals surface area contributed by atoms with Crippen LogP contribution in [0.15, 0.2) is 36.9 Å². The van der Waals surface area contributed by atoms with Gasteiger partial charge in [-0.05, 0) is 24.1 Å². The molecule has 4 N–H and O–H groups in total. The number of nitrogens with two attached hydrogens (primary N) is 1. The molecule has 0 aromatic heterocycles. The molecule has 0 fully saturated rings. The predicted molar refractivity (Wildman–Crippen MR) is 74.2 cm³/mol. The van der Waals surface area contributed by atoms with Gasteiger partial charge in [0.1, 0.15) is 12.3 Å². The van der Waals surface area contributed by atoms with E-state index in [1.807, 2.05) is 0 Å².